The fourth-order valence-electron chi connectivity index (χ4n) is 1.40. The lowest BCUT2D eigenvalue weighted by molar-refractivity contribution is -0.120. The molecule has 0 aromatic heterocycles. The van der Waals surface area contributed by atoms with Crippen LogP contribution in [0.25, 0.3) is 10.8 Å². The van der Waals surface area contributed by atoms with Crippen LogP contribution in [0.3, 0.4) is 0 Å². The topological polar surface area (TPSA) is 52.3 Å². The first-order valence-corrected chi connectivity index (χ1v) is 4.20. The molecule has 2 N–H and O–H groups in total. The monoisotopic (exact) mass is 187 g/mol. The van der Waals surface area contributed by atoms with E-state index in [1.807, 2.05) is 24.3 Å². The summed E-state index contributed by atoms with van der Waals surface area (Å²) in [5, 5.41) is 1.93. The van der Waals surface area contributed by atoms with Crippen molar-refractivity contribution in [1.29, 1.82) is 0 Å². The molecule has 2 aromatic carbocycles. The van der Waals surface area contributed by atoms with Crippen molar-refractivity contribution in [3.05, 3.63) is 36.4 Å². The first-order valence-electron chi connectivity index (χ1n) is 4.20. The fraction of sp³-hybridized carbons (Fsp3) is 0. The summed E-state index contributed by atoms with van der Waals surface area (Å²) in [4.78, 5) is 10.1. The molecule has 0 aliphatic rings. The molecule has 0 fully saturated rings. The Kier molecular flexibility index (Phi) is 2.07. The minimum atomic E-state index is 0.403. The molecule has 14 heavy (non-hydrogen) atoms. The zero-order chi connectivity index (χ0) is 9.97. The second kappa shape index (κ2) is 3.38. The van der Waals surface area contributed by atoms with Crippen molar-refractivity contribution in [2.24, 2.45) is 0 Å². The van der Waals surface area contributed by atoms with Crippen molar-refractivity contribution in [2.75, 3.05) is 5.73 Å². The normalized spacial score (nSPS) is 10.0. The first-order chi connectivity index (χ1) is 6.81. The van der Waals surface area contributed by atoms with Crippen molar-refractivity contribution in [3.8, 4) is 5.75 Å². The average Bonchev–Trinajstić information content (AvgIpc) is 2.20. The number of anilines is 1. The summed E-state index contributed by atoms with van der Waals surface area (Å²) in [5.41, 5.74) is 6.46. The van der Waals surface area contributed by atoms with Gasteiger partial charge in [-0.15, -0.1) is 0 Å². The van der Waals surface area contributed by atoms with E-state index in [9.17, 15) is 4.79 Å². The molecule has 0 aliphatic heterocycles. The molecule has 0 amide bonds. The summed E-state index contributed by atoms with van der Waals surface area (Å²) in [6.07, 6.45) is 0. The van der Waals surface area contributed by atoms with Crippen LogP contribution in [0, 0.1) is 0 Å². The molecule has 0 aliphatic carbocycles. The van der Waals surface area contributed by atoms with Crippen molar-refractivity contribution >= 4 is 22.9 Å². The fourth-order valence-corrected chi connectivity index (χ4v) is 1.40. The minimum absolute atomic E-state index is 0.403. The molecule has 2 aromatic rings. The number of carbonyl (C=O) groups excluding carboxylic acids is 1. The number of rotatable bonds is 2. The lowest BCUT2D eigenvalue weighted by Crippen LogP contribution is -1.90. The van der Waals surface area contributed by atoms with Gasteiger partial charge in [0, 0.05) is 11.1 Å². The molecule has 70 valence electrons. The number of hydrogen-bond donors (Lipinski definition) is 1. The van der Waals surface area contributed by atoms with E-state index in [4.69, 9.17) is 10.5 Å². The second-order valence-corrected chi connectivity index (χ2v) is 2.94. The van der Waals surface area contributed by atoms with Gasteiger partial charge in [-0.05, 0) is 23.6 Å². The molecule has 3 nitrogen and oxygen atoms in total. The maximum Gasteiger partial charge on any atom is 0.298 e. The number of benzene rings is 2. The van der Waals surface area contributed by atoms with Crippen LogP contribution in [0.4, 0.5) is 5.69 Å². The highest BCUT2D eigenvalue weighted by atomic mass is 16.5. The standard InChI is InChI=1S/C11H9NO2/c12-11-3-1-2-8-4-5-9(14-7-13)6-10(8)11/h1-7H,12H2. The van der Waals surface area contributed by atoms with E-state index in [-0.39, 0.29) is 0 Å². The number of hydrogen-bond acceptors (Lipinski definition) is 3. The summed E-state index contributed by atoms with van der Waals surface area (Å²) in [7, 11) is 0. The molecular weight excluding hydrogens is 178 g/mol. The van der Waals surface area contributed by atoms with Crippen LogP contribution in [0.1, 0.15) is 0 Å². The maximum absolute atomic E-state index is 10.1. The van der Waals surface area contributed by atoms with E-state index in [0.717, 1.165) is 10.8 Å². The van der Waals surface area contributed by atoms with Crippen LogP contribution in [0.2, 0.25) is 0 Å². The maximum atomic E-state index is 10.1. The van der Waals surface area contributed by atoms with Crippen molar-refractivity contribution in [3.63, 3.8) is 0 Å². The van der Waals surface area contributed by atoms with E-state index >= 15 is 0 Å². The Labute approximate surface area is 81.1 Å². The first kappa shape index (κ1) is 8.56. The van der Waals surface area contributed by atoms with Crippen LogP contribution in [0.15, 0.2) is 36.4 Å². The summed E-state index contributed by atoms with van der Waals surface area (Å²) in [5.74, 6) is 0.505. The van der Waals surface area contributed by atoms with Gasteiger partial charge in [0.05, 0.1) is 0 Å². The molecule has 2 rings (SSSR count). The molecule has 0 unspecified atom stereocenters. The molecule has 0 saturated carbocycles. The molecule has 0 spiro atoms. The van der Waals surface area contributed by atoms with Gasteiger partial charge in [-0.25, -0.2) is 0 Å². The Morgan fingerprint density at radius 2 is 2.07 bits per heavy atom. The van der Waals surface area contributed by atoms with Gasteiger partial charge < -0.3 is 10.5 Å². The summed E-state index contributed by atoms with van der Waals surface area (Å²) >= 11 is 0. The molecular formula is C11H9NO2. The third-order valence-electron chi connectivity index (χ3n) is 2.07. The number of nitrogen functional groups attached to an aromatic ring is 1. The van der Waals surface area contributed by atoms with Crippen LogP contribution >= 0.6 is 0 Å². The predicted molar refractivity (Wildman–Crippen MR) is 55.1 cm³/mol. The Bertz CT molecular complexity index is 480. The third-order valence-corrected chi connectivity index (χ3v) is 2.07. The Hall–Kier alpha value is -2.03. The van der Waals surface area contributed by atoms with E-state index in [1.165, 1.54) is 0 Å². The predicted octanol–water partition coefficient (Wildman–Crippen LogP) is 1.96. The quantitative estimate of drug-likeness (QED) is 0.577. The smallest absolute Gasteiger partial charge is 0.298 e. The third kappa shape index (κ3) is 1.40. The van der Waals surface area contributed by atoms with Gasteiger partial charge in [0.1, 0.15) is 5.75 Å². The minimum Gasteiger partial charge on any atom is -0.429 e. The largest absolute Gasteiger partial charge is 0.429 e. The second-order valence-electron chi connectivity index (χ2n) is 2.94. The van der Waals surface area contributed by atoms with Gasteiger partial charge in [-0.3, -0.25) is 4.79 Å². The zero-order valence-electron chi connectivity index (χ0n) is 7.44. The summed E-state index contributed by atoms with van der Waals surface area (Å²) < 4.78 is 4.73. The van der Waals surface area contributed by atoms with Crippen molar-refractivity contribution in [1.82, 2.24) is 0 Å². The van der Waals surface area contributed by atoms with E-state index in [2.05, 4.69) is 0 Å². The lowest BCUT2D eigenvalue weighted by Gasteiger charge is -2.03. The highest BCUT2D eigenvalue weighted by molar-refractivity contribution is 5.93. The van der Waals surface area contributed by atoms with Crippen molar-refractivity contribution in [2.45, 2.75) is 0 Å². The summed E-state index contributed by atoms with van der Waals surface area (Å²) in [6, 6.07) is 11.0. The van der Waals surface area contributed by atoms with Gasteiger partial charge in [0.2, 0.25) is 0 Å². The molecule has 0 saturated heterocycles. The van der Waals surface area contributed by atoms with Gasteiger partial charge >= 0.3 is 0 Å². The van der Waals surface area contributed by atoms with Gasteiger partial charge in [0.25, 0.3) is 6.47 Å². The van der Waals surface area contributed by atoms with E-state index < -0.39 is 0 Å². The number of carbonyl (C=O) groups is 1. The number of nitrogens with two attached hydrogens (primary N) is 1. The molecule has 0 radical (unpaired) electrons. The Morgan fingerprint density at radius 3 is 2.86 bits per heavy atom. The SMILES string of the molecule is Nc1cccc2ccc(OC=O)cc12. The van der Waals surface area contributed by atoms with Gasteiger partial charge in [-0.2, -0.15) is 0 Å². The zero-order valence-corrected chi connectivity index (χ0v) is 7.44. The summed E-state index contributed by atoms with van der Waals surface area (Å²) in [6.45, 7) is 0.403. The Balaban J connectivity index is 2.63. The number of fused-ring (bicyclic) bond motifs is 1. The van der Waals surface area contributed by atoms with Crippen LogP contribution in [-0.4, -0.2) is 6.47 Å². The van der Waals surface area contributed by atoms with Crippen molar-refractivity contribution < 1.29 is 9.53 Å². The lowest BCUT2D eigenvalue weighted by atomic mass is 10.1. The van der Waals surface area contributed by atoms with Crippen LogP contribution in [0.5, 0.6) is 5.75 Å². The van der Waals surface area contributed by atoms with E-state index in [0.29, 0.717) is 17.9 Å². The van der Waals surface area contributed by atoms with Gasteiger partial charge in [-0.1, -0.05) is 18.2 Å². The van der Waals surface area contributed by atoms with E-state index in [1.54, 1.807) is 12.1 Å². The highest BCUT2D eigenvalue weighted by Gasteiger charge is 1.99. The molecule has 0 bridgehead atoms. The average molecular weight is 187 g/mol. The van der Waals surface area contributed by atoms with Crippen LogP contribution < -0.4 is 10.5 Å². The molecule has 0 atom stereocenters. The van der Waals surface area contributed by atoms with Crippen LogP contribution in [-0.2, 0) is 4.79 Å². The number of ether oxygens (including phenoxy) is 1. The van der Waals surface area contributed by atoms with Gasteiger partial charge in [0.15, 0.2) is 0 Å². The molecule has 3 heteroatoms. The highest BCUT2D eigenvalue weighted by Crippen LogP contribution is 2.25. The molecule has 0 heterocycles. The Morgan fingerprint density at radius 1 is 1.21 bits per heavy atom.